The molecule has 27 heavy (non-hydrogen) atoms. The summed E-state index contributed by atoms with van der Waals surface area (Å²) in [6.07, 6.45) is 0. The Morgan fingerprint density at radius 3 is 2.48 bits per heavy atom. The predicted octanol–water partition coefficient (Wildman–Crippen LogP) is 4.13. The second-order valence-electron chi connectivity index (χ2n) is 6.66. The van der Waals surface area contributed by atoms with Gasteiger partial charge in [-0.05, 0) is 54.7 Å². The van der Waals surface area contributed by atoms with E-state index in [2.05, 4.69) is 5.32 Å². The Kier molecular flexibility index (Phi) is 6.93. The van der Waals surface area contributed by atoms with Gasteiger partial charge in [0.2, 0.25) is 0 Å². The third-order valence-electron chi connectivity index (χ3n) is 3.96. The van der Waals surface area contributed by atoms with Gasteiger partial charge in [-0.15, -0.1) is 0 Å². The number of anilines is 1. The fraction of sp³-hybridized carbons (Fsp3) is 0.333. The van der Waals surface area contributed by atoms with Crippen LogP contribution in [0.2, 0.25) is 0 Å². The van der Waals surface area contributed by atoms with Gasteiger partial charge in [-0.1, -0.05) is 32.0 Å². The zero-order valence-corrected chi connectivity index (χ0v) is 16.0. The van der Waals surface area contributed by atoms with Gasteiger partial charge in [-0.3, -0.25) is 4.79 Å². The highest BCUT2D eigenvalue weighted by atomic mass is 19.1. The number of hydrogen-bond acceptors (Lipinski definition) is 4. The normalized spacial score (nSPS) is 10.6. The lowest BCUT2D eigenvalue weighted by Crippen LogP contribution is -2.24. The number of halogens is 1. The Morgan fingerprint density at radius 2 is 1.81 bits per heavy atom. The van der Waals surface area contributed by atoms with Crippen molar-refractivity contribution in [2.24, 2.45) is 0 Å². The van der Waals surface area contributed by atoms with Crippen molar-refractivity contribution in [1.82, 2.24) is 0 Å². The molecule has 2 aromatic rings. The highest BCUT2D eigenvalue weighted by Crippen LogP contribution is 2.27. The molecule has 1 amide bonds. The van der Waals surface area contributed by atoms with Crippen molar-refractivity contribution in [2.45, 2.75) is 33.6 Å². The Hall–Kier alpha value is -2.89. The summed E-state index contributed by atoms with van der Waals surface area (Å²) in [7, 11) is 0. The summed E-state index contributed by atoms with van der Waals surface area (Å²) >= 11 is 0. The molecule has 0 aliphatic rings. The maximum Gasteiger partial charge on any atom is 0.344 e. The van der Waals surface area contributed by atoms with Gasteiger partial charge in [0.05, 0.1) is 0 Å². The molecule has 144 valence electrons. The van der Waals surface area contributed by atoms with Gasteiger partial charge in [0.15, 0.2) is 13.2 Å². The smallest absolute Gasteiger partial charge is 0.344 e. The van der Waals surface area contributed by atoms with Crippen molar-refractivity contribution in [3.63, 3.8) is 0 Å². The monoisotopic (exact) mass is 373 g/mol. The highest BCUT2D eigenvalue weighted by molar-refractivity contribution is 5.92. The Labute approximate surface area is 158 Å². The number of ether oxygens (including phenoxy) is 2. The van der Waals surface area contributed by atoms with E-state index in [0.29, 0.717) is 17.0 Å². The quantitative estimate of drug-likeness (QED) is 0.742. The molecule has 2 aromatic carbocycles. The molecule has 0 aliphatic heterocycles. The van der Waals surface area contributed by atoms with Crippen molar-refractivity contribution < 1.29 is 23.5 Å². The van der Waals surface area contributed by atoms with Crippen LogP contribution in [0.5, 0.6) is 5.75 Å². The molecule has 1 N–H and O–H groups in total. The van der Waals surface area contributed by atoms with E-state index in [9.17, 15) is 14.0 Å². The number of carbonyl (C=O) groups is 2. The van der Waals surface area contributed by atoms with Gasteiger partial charge in [-0.25, -0.2) is 9.18 Å². The average molecular weight is 373 g/mol. The Morgan fingerprint density at radius 1 is 1.07 bits per heavy atom. The fourth-order valence-corrected chi connectivity index (χ4v) is 2.44. The van der Waals surface area contributed by atoms with E-state index in [-0.39, 0.29) is 12.5 Å². The molecule has 0 heterocycles. The van der Waals surface area contributed by atoms with Crippen LogP contribution < -0.4 is 10.1 Å². The predicted molar refractivity (Wildman–Crippen MR) is 101 cm³/mol. The molecule has 5 nitrogen and oxygen atoms in total. The summed E-state index contributed by atoms with van der Waals surface area (Å²) in [6, 6.07) is 10.2. The van der Waals surface area contributed by atoms with Crippen LogP contribution in [0.1, 0.15) is 36.5 Å². The minimum atomic E-state index is -0.656. The molecule has 6 heteroatoms. The topological polar surface area (TPSA) is 64.6 Å². The van der Waals surface area contributed by atoms with Crippen molar-refractivity contribution in [3.8, 4) is 5.75 Å². The van der Waals surface area contributed by atoms with E-state index in [1.54, 1.807) is 19.1 Å². The second kappa shape index (κ2) is 9.16. The average Bonchev–Trinajstić information content (AvgIpc) is 2.61. The number of nitrogens with one attached hydrogen (secondary N) is 1. The van der Waals surface area contributed by atoms with Crippen LogP contribution in [0.4, 0.5) is 10.1 Å². The van der Waals surface area contributed by atoms with Gasteiger partial charge in [0.1, 0.15) is 11.6 Å². The third kappa shape index (κ3) is 6.09. The lowest BCUT2D eigenvalue weighted by molar-refractivity contribution is -0.149. The van der Waals surface area contributed by atoms with E-state index in [1.165, 1.54) is 6.07 Å². The summed E-state index contributed by atoms with van der Waals surface area (Å²) < 4.78 is 23.9. The van der Waals surface area contributed by atoms with Crippen LogP contribution >= 0.6 is 0 Å². The number of aryl methyl sites for hydroxylation is 2. The third-order valence-corrected chi connectivity index (χ3v) is 3.96. The van der Waals surface area contributed by atoms with Crippen molar-refractivity contribution >= 4 is 17.6 Å². The molecule has 0 radical (unpaired) electrons. The van der Waals surface area contributed by atoms with Crippen LogP contribution in [0.3, 0.4) is 0 Å². The summed E-state index contributed by atoms with van der Waals surface area (Å²) in [4.78, 5) is 23.7. The second-order valence-corrected chi connectivity index (χ2v) is 6.66. The van der Waals surface area contributed by atoms with E-state index in [1.807, 2.05) is 39.0 Å². The van der Waals surface area contributed by atoms with Gasteiger partial charge >= 0.3 is 5.97 Å². The summed E-state index contributed by atoms with van der Waals surface area (Å²) in [5.41, 5.74) is 2.80. The number of benzene rings is 2. The minimum absolute atomic E-state index is 0.248. The van der Waals surface area contributed by atoms with Crippen LogP contribution in [0, 0.1) is 19.7 Å². The molecule has 0 atom stereocenters. The molecule has 0 bridgehead atoms. The molecule has 0 fully saturated rings. The first-order valence-corrected chi connectivity index (χ1v) is 8.71. The van der Waals surface area contributed by atoms with E-state index < -0.39 is 24.3 Å². The molecule has 0 unspecified atom stereocenters. The molecular weight excluding hydrogens is 349 g/mol. The molecule has 0 saturated heterocycles. The Bertz CT molecular complexity index is 833. The lowest BCUT2D eigenvalue weighted by atomic mass is 10.0. The highest BCUT2D eigenvalue weighted by Gasteiger charge is 2.13. The molecular formula is C21H24FNO4. The van der Waals surface area contributed by atoms with Crippen LogP contribution in [-0.2, 0) is 14.3 Å². The summed E-state index contributed by atoms with van der Waals surface area (Å²) in [5.74, 6) is -0.752. The molecule has 0 aliphatic carbocycles. The van der Waals surface area contributed by atoms with Gasteiger partial charge in [0.25, 0.3) is 5.91 Å². The van der Waals surface area contributed by atoms with Crippen molar-refractivity contribution in [3.05, 3.63) is 58.9 Å². The number of esters is 1. The zero-order chi connectivity index (χ0) is 20.0. The minimum Gasteiger partial charge on any atom is -0.482 e. The molecule has 2 rings (SSSR count). The maximum absolute atomic E-state index is 13.5. The molecule has 0 saturated carbocycles. The standard InChI is InChI=1S/C21H24FNO4/c1-13(2)17-8-5-14(3)9-19(17)26-12-21(25)27-11-20(24)23-16-7-6-15(4)18(22)10-16/h5-10,13H,11-12H2,1-4H3,(H,23,24). The summed E-state index contributed by atoms with van der Waals surface area (Å²) in [5, 5.41) is 2.47. The van der Waals surface area contributed by atoms with Crippen LogP contribution in [0.25, 0.3) is 0 Å². The maximum atomic E-state index is 13.5. The van der Waals surface area contributed by atoms with Crippen LogP contribution in [0.15, 0.2) is 36.4 Å². The van der Waals surface area contributed by atoms with Crippen molar-refractivity contribution in [1.29, 1.82) is 0 Å². The SMILES string of the molecule is Cc1ccc(C(C)C)c(OCC(=O)OCC(=O)Nc2ccc(C)c(F)c2)c1. The molecule has 0 spiro atoms. The van der Waals surface area contributed by atoms with E-state index in [0.717, 1.165) is 11.1 Å². The first-order valence-electron chi connectivity index (χ1n) is 8.71. The van der Waals surface area contributed by atoms with Crippen LogP contribution in [-0.4, -0.2) is 25.1 Å². The first-order chi connectivity index (χ1) is 12.8. The largest absolute Gasteiger partial charge is 0.482 e. The summed E-state index contributed by atoms with van der Waals surface area (Å²) in [6.45, 7) is 6.87. The number of carbonyl (C=O) groups excluding carboxylic acids is 2. The number of hydrogen-bond donors (Lipinski definition) is 1. The zero-order valence-electron chi connectivity index (χ0n) is 16.0. The van der Waals surface area contributed by atoms with E-state index in [4.69, 9.17) is 9.47 Å². The van der Waals surface area contributed by atoms with Gasteiger partial charge < -0.3 is 14.8 Å². The molecule has 0 aromatic heterocycles. The Balaban J connectivity index is 1.83. The first kappa shape index (κ1) is 20.4. The van der Waals surface area contributed by atoms with Crippen molar-refractivity contribution in [2.75, 3.05) is 18.5 Å². The van der Waals surface area contributed by atoms with E-state index >= 15 is 0 Å². The van der Waals surface area contributed by atoms with Gasteiger partial charge in [0, 0.05) is 5.69 Å². The number of amides is 1. The lowest BCUT2D eigenvalue weighted by Gasteiger charge is -2.14. The fourth-order valence-electron chi connectivity index (χ4n) is 2.44. The number of rotatable bonds is 7. The van der Waals surface area contributed by atoms with Gasteiger partial charge in [-0.2, -0.15) is 0 Å².